The number of carbonyl (C=O) groups excluding carboxylic acids is 2. The number of aryl methyl sites for hydroxylation is 1. The summed E-state index contributed by atoms with van der Waals surface area (Å²) in [5.41, 5.74) is 3.05. The fourth-order valence-electron chi connectivity index (χ4n) is 3.39. The molecule has 1 N–H and O–H groups in total. The largest absolute Gasteiger partial charge is 0.487 e. The lowest BCUT2D eigenvalue weighted by Gasteiger charge is -2.33. The Morgan fingerprint density at radius 1 is 1.18 bits per heavy atom. The summed E-state index contributed by atoms with van der Waals surface area (Å²) in [6.07, 6.45) is 0.304. The molecular formula is C23H28N2O3. The quantitative estimate of drug-likeness (QED) is 0.829. The first-order valence-electron chi connectivity index (χ1n) is 9.83. The number of amides is 2. The van der Waals surface area contributed by atoms with E-state index in [9.17, 15) is 9.59 Å². The number of anilines is 1. The fourth-order valence-corrected chi connectivity index (χ4v) is 3.39. The minimum Gasteiger partial charge on any atom is -0.487 e. The minimum absolute atomic E-state index is 0.0479. The first-order valence-corrected chi connectivity index (χ1v) is 9.83. The van der Waals surface area contributed by atoms with Gasteiger partial charge in [0.15, 0.2) is 0 Å². The monoisotopic (exact) mass is 380 g/mol. The van der Waals surface area contributed by atoms with Gasteiger partial charge in [0, 0.05) is 19.4 Å². The Kier molecular flexibility index (Phi) is 6.34. The number of carbonyl (C=O) groups is 2. The molecule has 0 aliphatic carbocycles. The predicted octanol–water partition coefficient (Wildman–Crippen LogP) is 3.81. The van der Waals surface area contributed by atoms with Crippen LogP contribution < -0.4 is 15.0 Å². The van der Waals surface area contributed by atoms with Crippen LogP contribution in [0.4, 0.5) is 5.69 Å². The first kappa shape index (κ1) is 19.9. The van der Waals surface area contributed by atoms with Gasteiger partial charge in [0.1, 0.15) is 11.9 Å². The second kappa shape index (κ2) is 8.91. The van der Waals surface area contributed by atoms with Crippen LogP contribution in [-0.4, -0.2) is 31.0 Å². The minimum atomic E-state index is -0.0955. The summed E-state index contributed by atoms with van der Waals surface area (Å²) >= 11 is 0. The van der Waals surface area contributed by atoms with Crippen molar-refractivity contribution < 1.29 is 14.3 Å². The zero-order valence-corrected chi connectivity index (χ0v) is 16.8. The number of hydrogen-bond acceptors (Lipinski definition) is 3. The van der Waals surface area contributed by atoms with E-state index >= 15 is 0 Å². The Bertz CT molecular complexity index is 835. The van der Waals surface area contributed by atoms with Gasteiger partial charge in [-0.15, -0.1) is 0 Å². The van der Waals surface area contributed by atoms with Gasteiger partial charge < -0.3 is 15.0 Å². The van der Waals surface area contributed by atoms with Gasteiger partial charge in [0.25, 0.3) is 0 Å². The van der Waals surface area contributed by atoms with Gasteiger partial charge >= 0.3 is 0 Å². The van der Waals surface area contributed by atoms with E-state index in [1.165, 1.54) is 5.56 Å². The van der Waals surface area contributed by atoms with Gasteiger partial charge in [-0.1, -0.05) is 43.3 Å². The lowest BCUT2D eigenvalue weighted by Crippen LogP contribution is -2.42. The highest BCUT2D eigenvalue weighted by Gasteiger charge is 2.27. The van der Waals surface area contributed by atoms with Gasteiger partial charge in [0.05, 0.1) is 12.2 Å². The average molecular weight is 380 g/mol. The second-order valence-corrected chi connectivity index (χ2v) is 7.52. The van der Waals surface area contributed by atoms with Crippen molar-refractivity contribution in [3.63, 3.8) is 0 Å². The maximum absolute atomic E-state index is 12.8. The maximum atomic E-state index is 12.8. The molecule has 0 bridgehead atoms. The third kappa shape index (κ3) is 4.91. The van der Waals surface area contributed by atoms with Crippen molar-refractivity contribution in [2.24, 2.45) is 0 Å². The molecule has 2 aromatic carbocycles. The van der Waals surface area contributed by atoms with Crippen molar-refractivity contribution in [3.8, 4) is 5.75 Å². The van der Waals surface area contributed by atoms with Crippen molar-refractivity contribution in [2.75, 3.05) is 18.0 Å². The number of nitrogens with zero attached hydrogens (tertiary/aromatic N) is 1. The molecule has 0 radical (unpaired) electrons. The van der Waals surface area contributed by atoms with Crippen LogP contribution in [-0.2, 0) is 9.59 Å². The zero-order chi connectivity index (χ0) is 20.1. The molecule has 1 heterocycles. The molecule has 1 aliphatic rings. The van der Waals surface area contributed by atoms with Crippen molar-refractivity contribution in [2.45, 2.75) is 45.6 Å². The number of hydrogen-bond donors (Lipinski definition) is 1. The molecule has 5 nitrogen and oxygen atoms in total. The Hall–Kier alpha value is -2.82. The fraction of sp³-hybridized carbons (Fsp3) is 0.391. The molecule has 148 valence electrons. The molecule has 0 fully saturated rings. The third-order valence-corrected chi connectivity index (χ3v) is 5.01. The maximum Gasteiger partial charge on any atom is 0.227 e. The van der Waals surface area contributed by atoms with E-state index < -0.39 is 0 Å². The van der Waals surface area contributed by atoms with Crippen LogP contribution in [0.1, 0.15) is 43.7 Å². The van der Waals surface area contributed by atoms with E-state index in [0.29, 0.717) is 13.1 Å². The summed E-state index contributed by atoms with van der Waals surface area (Å²) in [7, 11) is 0. The summed E-state index contributed by atoms with van der Waals surface area (Å²) in [6, 6.07) is 15.9. The number of ether oxygens (including phenoxy) is 1. The lowest BCUT2D eigenvalue weighted by molar-refractivity contribution is -0.125. The highest BCUT2D eigenvalue weighted by molar-refractivity contribution is 5.97. The van der Waals surface area contributed by atoms with E-state index in [-0.39, 0.29) is 36.7 Å². The number of benzene rings is 2. The van der Waals surface area contributed by atoms with E-state index in [2.05, 4.69) is 24.4 Å². The van der Waals surface area contributed by atoms with Crippen LogP contribution in [0.2, 0.25) is 0 Å². The zero-order valence-electron chi connectivity index (χ0n) is 16.8. The van der Waals surface area contributed by atoms with E-state index in [1.54, 1.807) is 4.90 Å². The average Bonchev–Trinajstić information content (AvgIpc) is 2.70. The standard InChI is InChI=1S/C23H28N2O3/c1-16-9-10-21-20(13-16)25(15-18(3)28-21)23(27)12-11-22(26)24-14-17(2)19-7-5-4-6-8-19/h4-10,13,17-18H,11-12,14-15H2,1-3H3,(H,24,26)/t17-,18-/m0/s1. The van der Waals surface area contributed by atoms with Gasteiger partial charge in [-0.2, -0.15) is 0 Å². The molecule has 2 amide bonds. The van der Waals surface area contributed by atoms with Gasteiger partial charge in [-0.3, -0.25) is 9.59 Å². The normalized spacial score (nSPS) is 16.7. The van der Waals surface area contributed by atoms with Gasteiger partial charge in [0.2, 0.25) is 11.8 Å². The summed E-state index contributed by atoms with van der Waals surface area (Å²) in [5, 5.41) is 2.94. The van der Waals surface area contributed by atoms with Crippen LogP contribution in [0.25, 0.3) is 0 Å². The Labute approximate surface area is 166 Å². The van der Waals surface area contributed by atoms with Crippen LogP contribution in [0, 0.1) is 6.92 Å². The molecule has 0 saturated heterocycles. The van der Waals surface area contributed by atoms with Gasteiger partial charge in [-0.05, 0) is 43.0 Å². The number of fused-ring (bicyclic) bond motifs is 1. The molecule has 1 aliphatic heterocycles. The molecule has 0 aromatic heterocycles. The molecule has 0 spiro atoms. The van der Waals surface area contributed by atoms with Gasteiger partial charge in [-0.25, -0.2) is 0 Å². The molecule has 2 aromatic rings. The summed E-state index contributed by atoms with van der Waals surface area (Å²) in [5.74, 6) is 0.810. The van der Waals surface area contributed by atoms with Crippen LogP contribution in [0.15, 0.2) is 48.5 Å². The van der Waals surface area contributed by atoms with E-state index in [4.69, 9.17) is 4.74 Å². The Morgan fingerprint density at radius 3 is 2.68 bits per heavy atom. The molecule has 0 unspecified atom stereocenters. The summed E-state index contributed by atoms with van der Waals surface area (Å²) < 4.78 is 5.83. The molecule has 5 heteroatoms. The second-order valence-electron chi connectivity index (χ2n) is 7.52. The van der Waals surface area contributed by atoms with Crippen LogP contribution in [0.5, 0.6) is 5.75 Å². The van der Waals surface area contributed by atoms with E-state index in [1.807, 2.05) is 50.2 Å². The van der Waals surface area contributed by atoms with Crippen LogP contribution in [0.3, 0.4) is 0 Å². The van der Waals surface area contributed by atoms with Crippen molar-refractivity contribution >= 4 is 17.5 Å². The molecule has 28 heavy (non-hydrogen) atoms. The lowest BCUT2D eigenvalue weighted by atomic mass is 10.0. The Morgan fingerprint density at radius 2 is 1.93 bits per heavy atom. The van der Waals surface area contributed by atoms with Crippen molar-refractivity contribution in [1.29, 1.82) is 0 Å². The third-order valence-electron chi connectivity index (χ3n) is 5.01. The highest BCUT2D eigenvalue weighted by Crippen LogP contribution is 2.34. The summed E-state index contributed by atoms with van der Waals surface area (Å²) in [4.78, 5) is 26.7. The van der Waals surface area contributed by atoms with Crippen LogP contribution >= 0.6 is 0 Å². The number of nitrogens with one attached hydrogen (secondary N) is 1. The highest BCUT2D eigenvalue weighted by atomic mass is 16.5. The summed E-state index contributed by atoms with van der Waals surface area (Å²) in [6.45, 7) is 7.08. The first-order chi connectivity index (χ1) is 13.4. The molecular weight excluding hydrogens is 352 g/mol. The molecule has 3 rings (SSSR count). The topological polar surface area (TPSA) is 58.6 Å². The van der Waals surface area contributed by atoms with Crippen molar-refractivity contribution in [3.05, 3.63) is 59.7 Å². The smallest absolute Gasteiger partial charge is 0.227 e. The number of rotatable bonds is 6. The predicted molar refractivity (Wildman–Crippen MR) is 111 cm³/mol. The van der Waals surface area contributed by atoms with Crippen molar-refractivity contribution in [1.82, 2.24) is 5.32 Å². The van der Waals surface area contributed by atoms with E-state index in [0.717, 1.165) is 17.0 Å². The Balaban J connectivity index is 1.53. The molecule has 0 saturated carbocycles. The SMILES string of the molecule is Cc1ccc2c(c1)N(C(=O)CCC(=O)NC[C@H](C)c1ccccc1)C[C@H](C)O2. The molecule has 2 atom stereocenters.